The van der Waals surface area contributed by atoms with Crippen LogP contribution in [-0.4, -0.2) is 35.6 Å². The number of carbonyl (C=O) groups excluding carboxylic acids is 1. The molecule has 1 aromatic carbocycles. The van der Waals surface area contributed by atoms with Gasteiger partial charge in [0.1, 0.15) is 5.82 Å². The number of anilines is 2. The van der Waals surface area contributed by atoms with Gasteiger partial charge in [0.2, 0.25) is 11.8 Å². The van der Waals surface area contributed by atoms with Crippen molar-refractivity contribution in [2.75, 3.05) is 29.9 Å². The van der Waals surface area contributed by atoms with E-state index in [0.29, 0.717) is 23.1 Å². The van der Waals surface area contributed by atoms with Crippen LogP contribution in [0.2, 0.25) is 0 Å². The maximum absolute atomic E-state index is 13.5. The zero-order valence-electron chi connectivity index (χ0n) is 15.1. The summed E-state index contributed by atoms with van der Waals surface area (Å²) in [5.74, 6) is 0.273. The van der Waals surface area contributed by atoms with Gasteiger partial charge in [-0.25, -0.2) is 9.37 Å². The second-order valence-corrected chi connectivity index (χ2v) is 6.50. The Hall–Kier alpha value is -2.70. The lowest BCUT2D eigenvalue weighted by molar-refractivity contribution is -0.118. The first-order chi connectivity index (χ1) is 12.5. The van der Waals surface area contributed by atoms with Gasteiger partial charge in [0.15, 0.2) is 6.61 Å². The summed E-state index contributed by atoms with van der Waals surface area (Å²) in [6.07, 6.45) is 3.48. The summed E-state index contributed by atoms with van der Waals surface area (Å²) < 4.78 is 19.1. The molecule has 7 heteroatoms. The molecule has 1 fully saturated rings. The number of amides is 1. The lowest BCUT2D eigenvalue weighted by Gasteiger charge is -2.26. The van der Waals surface area contributed by atoms with E-state index in [-0.39, 0.29) is 18.3 Å². The van der Waals surface area contributed by atoms with Crippen LogP contribution in [0.4, 0.5) is 16.0 Å². The topological polar surface area (TPSA) is 67.3 Å². The fourth-order valence-corrected chi connectivity index (χ4v) is 2.84. The minimum absolute atomic E-state index is 0.203. The fraction of sp³-hybridized carbons (Fsp3) is 0.421. The highest BCUT2D eigenvalue weighted by Gasteiger charge is 2.15. The normalized spacial score (nSPS) is 14.2. The number of halogens is 1. The molecule has 2 heterocycles. The molecule has 6 nitrogen and oxygen atoms in total. The summed E-state index contributed by atoms with van der Waals surface area (Å²) in [5.41, 5.74) is 1.71. The van der Waals surface area contributed by atoms with Gasteiger partial charge in [-0.15, -0.1) is 0 Å². The number of hydrogen-bond donors (Lipinski definition) is 1. The summed E-state index contributed by atoms with van der Waals surface area (Å²) in [5, 5.41) is 2.62. The molecule has 26 heavy (non-hydrogen) atoms. The van der Waals surface area contributed by atoms with Gasteiger partial charge in [0, 0.05) is 30.5 Å². The number of nitrogens with one attached hydrogen (secondary N) is 1. The average molecular weight is 358 g/mol. The molecule has 0 atom stereocenters. The molecule has 3 rings (SSSR count). The Morgan fingerprint density at radius 1 is 1.19 bits per heavy atom. The van der Waals surface area contributed by atoms with Gasteiger partial charge in [0.05, 0.1) is 0 Å². The van der Waals surface area contributed by atoms with Gasteiger partial charge < -0.3 is 15.0 Å². The molecular weight excluding hydrogens is 335 g/mol. The van der Waals surface area contributed by atoms with Crippen molar-refractivity contribution < 1.29 is 13.9 Å². The lowest BCUT2D eigenvalue weighted by atomic mass is 10.1. The SMILES string of the molecule is Cc1cc(OCC(=O)Nc2ccc(C)c(F)c2)nc(N2CCCCC2)n1. The Morgan fingerprint density at radius 3 is 2.69 bits per heavy atom. The summed E-state index contributed by atoms with van der Waals surface area (Å²) in [7, 11) is 0. The molecule has 2 aromatic rings. The van der Waals surface area contributed by atoms with E-state index < -0.39 is 0 Å². The largest absolute Gasteiger partial charge is 0.467 e. The predicted molar refractivity (Wildman–Crippen MR) is 98.1 cm³/mol. The highest BCUT2D eigenvalue weighted by Crippen LogP contribution is 2.19. The van der Waals surface area contributed by atoms with Crippen molar-refractivity contribution in [3.05, 3.63) is 41.3 Å². The van der Waals surface area contributed by atoms with Gasteiger partial charge >= 0.3 is 0 Å². The first-order valence-electron chi connectivity index (χ1n) is 8.81. The van der Waals surface area contributed by atoms with E-state index in [1.54, 1.807) is 25.1 Å². The summed E-state index contributed by atoms with van der Waals surface area (Å²) in [6.45, 7) is 5.20. The highest BCUT2D eigenvalue weighted by atomic mass is 19.1. The van der Waals surface area contributed by atoms with E-state index in [4.69, 9.17) is 4.74 Å². The van der Waals surface area contributed by atoms with E-state index in [9.17, 15) is 9.18 Å². The molecule has 1 saturated heterocycles. The summed E-state index contributed by atoms with van der Waals surface area (Å²) in [4.78, 5) is 23.1. The maximum atomic E-state index is 13.5. The van der Waals surface area contributed by atoms with Gasteiger partial charge in [0.25, 0.3) is 5.91 Å². The van der Waals surface area contributed by atoms with Crippen molar-refractivity contribution >= 4 is 17.5 Å². The molecule has 1 N–H and O–H groups in total. The number of piperidine rings is 1. The van der Waals surface area contributed by atoms with Crippen LogP contribution in [0.3, 0.4) is 0 Å². The van der Waals surface area contributed by atoms with Crippen molar-refractivity contribution in [3.63, 3.8) is 0 Å². The van der Waals surface area contributed by atoms with Crippen LogP contribution in [0.5, 0.6) is 5.88 Å². The third-order valence-electron chi connectivity index (χ3n) is 4.26. The minimum Gasteiger partial charge on any atom is -0.467 e. The molecule has 0 saturated carbocycles. The van der Waals surface area contributed by atoms with E-state index in [1.165, 1.54) is 12.5 Å². The molecule has 1 aliphatic rings. The van der Waals surface area contributed by atoms with Crippen molar-refractivity contribution in [2.24, 2.45) is 0 Å². The van der Waals surface area contributed by atoms with Crippen molar-refractivity contribution in [3.8, 4) is 5.88 Å². The molecule has 0 aliphatic carbocycles. The number of ether oxygens (including phenoxy) is 1. The third kappa shape index (κ3) is 4.68. The van der Waals surface area contributed by atoms with Crippen LogP contribution in [-0.2, 0) is 4.79 Å². The van der Waals surface area contributed by atoms with Crippen molar-refractivity contribution in [1.82, 2.24) is 9.97 Å². The molecule has 0 bridgehead atoms. The Kier molecular flexibility index (Phi) is 5.65. The van der Waals surface area contributed by atoms with Gasteiger partial charge in [-0.3, -0.25) is 4.79 Å². The van der Waals surface area contributed by atoms with Gasteiger partial charge in [-0.2, -0.15) is 4.98 Å². The summed E-state index contributed by atoms with van der Waals surface area (Å²) in [6, 6.07) is 6.26. The van der Waals surface area contributed by atoms with Crippen molar-refractivity contribution in [1.29, 1.82) is 0 Å². The Morgan fingerprint density at radius 2 is 1.96 bits per heavy atom. The standard InChI is InChI=1S/C19H23FN4O2/c1-13-6-7-15(11-16(13)20)22-17(25)12-26-18-10-14(2)21-19(23-18)24-8-4-3-5-9-24/h6-7,10-11H,3-5,8-9,12H2,1-2H3,(H,22,25). The number of rotatable bonds is 5. The van der Waals surface area contributed by atoms with Crippen LogP contribution in [0.15, 0.2) is 24.3 Å². The first-order valence-corrected chi connectivity index (χ1v) is 8.81. The van der Waals surface area contributed by atoms with Crippen LogP contribution in [0.25, 0.3) is 0 Å². The fourth-order valence-electron chi connectivity index (χ4n) is 2.84. The molecule has 0 spiro atoms. The number of benzene rings is 1. The van der Waals surface area contributed by atoms with Gasteiger partial charge in [-0.1, -0.05) is 6.07 Å². The molecule has 1 amide bonds. The molecular formula is C19H23FN4O2. The Balaban J connectivity index is 1.60. The number of aryl methyl sites for hydroxylation is 2. The Labute approximate surface area is 152 Å². The zero-order valence-corrected chi connectivity index (χ0v) is 15.1. The molecule has 0 radical (unpaired) electrons. The zero-order chi connectivity index (χ0) is 18.5. The molecule has 0 unspecified atom stereocenters. The van der Waals surface area contributed by atoms with Gasteiger partial charge in [-0.05, 0) is 50.8 Å². The molecule has 1 aromatic heterocycles. The van der Waals surface area contributed by atoms with Crippen molar-refractivity contribution in [2.45, 2.75) is 33.1 Å². The quantitative estimate of drug-likeness (QED) is 0.889. The number of hydrogen-bond acceptors (Lipinski definition) is 5. The number of carbonyl (C=O) groups is 1. The predicted octanol–water partition coefficient (Wildman–Crippen LogP) is 3.24. The van der Waals surface area contributed by atoms with Crippen LogP contribution in [0.1, 0.15) is 30.5 Å². The van der Waals surface area contributed by atoms with Crippen LogP contribution >= 0.6 is 0 Å². The number of nitrogens with zero attached hydrogens (tertiary/aromatic N) is 3. The second-order valence-electron chi connectivity index (χ2n) is 6.50. The van der Waals surface area contributed by atoms with E-state index >= 15 is 0 Å². The van der Waals surface area contributed by atoms with E-state index in [1.807, 2.05) is 6.92 Å². The Bertz CT molecular complexity index is 791. The highest BCUT2D eigenvalue weighted by molar-refractivity contribution is 5.91. The van der Waals surface area contributed by atoms with E-state index in [2.05, 4.69) is 20.2 Å². The monoisotopic (exact) mass is 358 g/mol. The second kappa shape index (κ2) is 8.12. The maximum Gasteiger partial charge on any atom is 0.262 e. The first kappa shape index (κ1) is 18.1. The lowest BCUT2D eigenvalue weighted by Crippen LogP contribution is -2.31. The molecule has 138 valence electrons. The van der Waals surface area contributed by atoms with E-state index in [0.717, 1.165) is 31.6 Å². The van der Waals surface area contributed by atoms with Crippen LogP contribution in [0, 0.1) is 19.7 Å². The average Bonchev–Trinajstić information content (AvgIpc) is 2.63. The van der Waals surface area contributed by atoms with Crippen LogP contribution < -0.4 is 15.0 Å². The summed E-state index contributed by atoms with van der Waals surface area (Å²) >= 11 is 0. The minimum atomic E-state index is -0.371. The number of aromatic nitrogens is 2. The third-order valence-corrected chi connectivity index (χ3v) is 4.26. The smallest absolute Gasteiger partial charge is 0.262 e. The molecule has 1 aliphatic heterocycles.